The zero-order valence-electron chi connectivity index (χ0n) is 8.49. The fourth-order valence-electron chi connectivity index (χ4n) is 1.47. The predicted octanol–water partition coefficient (Wildman–Crippen LogP) is -0.442. The van der Waals surface area contributed by atoms with Crippen molar-refractivity contribution in [3.8, 4) is 0 Å². The minimum Gasteiger partial charge on any atom is -0.328 e. The third-order valence-corrected chi connectivity index (χ3v) is 3.51. The molecule has 0 saturated heterocycles. The Morgan fingerprint density at radius 3 is 2.50 bits per heavy atom. The van der Waals surface area contributed by atoms with E-state index in [1.54, 1.807) is 0 Å². The van der Waals surface area contributed by atoms with Crippen LogP contribution in [-0.4, -0.2) is 27.5 Å². The summed E-state index contributed by atoms with van der Waals surface area (Å²) >= 11 is 0. The van der Waals surface area contributed by atoms with Crippen molar-refractivity contribution in [1.29, 1.82) is 0 Å². The second-order valence-electron chi connectivity index (χ2n) is 3.84. The fourth-order valence-corrected chi connectivity index (χ4v) is 2.50. The number of nitrogens with two attached hydrogens (primary N) is 1. The van der Waals surface area contributed by atoms with Gasteiger partial charge in [0.15, 0.2) is 0 Å². The third-order valence-electron chi connectivity index (χ3n) is 2.38. The smallest absolute Gasteiger partial charge is 0.276 e. The topological polar surface area (TPSA) is 84.2 Å². The molecule has 6 heteroatoms. The van der Waals surface area contributed by atoms with Crippen LogP contribution < -0.4 is 15.2 Å². The van der Waals surface area contributed by atoms with E-state index >= 15 is 0 Å². The number of rotatable bonds is 6. The average molecular weight is 221 g/mol. The van der Waals surface area contributed by atoms with Crippen molar-refractivity contribution < 1.29 is 8.42 Å². The zero-order chi connectivity index (χ0) is 10.6. The average Bonchev–Trinajstić information content (AvgIpc) is 2.07. The van der Waals surface area contributed by atoms with Crippen molar-refractivity contribution in [2.45, 2.75) is 32.2 Å². The molecule has 4 N–H and O–H groups in total. The number of hydrogen-bond donors (Lipinski definition) is 3. The van der Waals surface area contributed by atoms with Crippen molar-refractivity contribution in [1.82, 2.24) is 9.44 Å². The molecule has 1 aliphatic rings. The molecular weight excluding hydrogens is 202 g/mol. The lowest BCUT2D eigenvalue weighted by Crippen LogP contribution is -2.45. The van der Waals surface area contributed by atoms with E-state index in [0.717, 1.165) is 19.3 Å². The van der Waals surface area contributed by atoms with Crippen molar-refractivity contribution in [3.05, 3.63) is 0 Å². The largest absolute Gasteiger partial charge is 0.328 e. The van der Waals surface area contributed by atoms with E-state index in [9.17, 15) is 8.42 Å². The van der Waals surface area contributed by atoms with Gasteiger partial charge in [-0.05, 0) is 25.2 Å². The maximum atomic E-state index is 11.3. The molecule has 0 atom stereocenters. The molecule has 0 unspecified atom stereocenters. The molecule has 0 aliphatic heterocycles. The van der Waals surface area contributed by atoms with E-state index in [4.69, 9.17) is 5.73 Å². The van der Waals surface area contributed by atoms with Gasteiger partial charge in [0.25, 0.3) is 10.2 Å². The summed E-state index contributed by atoms with van der Waals surface area (Å²) in [6.07, 6.45) is 2.65. The van der Waals surface area contributed by atoms with Crippen LogP contribution in [0.15, 0.2) is 0 Å². The minimum absolute atomic E-state index is 0.271. The quantitative estimate of drug-likeness (QED) is 0.568. The van der Waals surface area contributed by atoms with Gasteiger partial charge in [0.1, 0.15) is 0 Å². The van der Waals surface area contributed by atoms with Gasteiger partial charge < -0.3 is 5.73 Å². The second-order valence-corrected chi connectivity index (χ2v) is 5.43. The molecule has 0 heterocycles. The van der Waals surface area contributed by atoms with Gasteiger partial charge in [-0.25, -0.2) is 9.44 Å². The van der Waals surface area contributed by atoms with Crippen LogP contribution in [0.3, 0.4) is 0 Å². The van der Waals surface area contributed by atoms with E-state index in [-0.39, 0.29) is 6.04 Å². The Labute approximate surface area is 85.6 Å². The Morgan fingerprint density at radius 2 is 2.00 bits per heavy atom. The molecule has 0 aromatic heterocycles. The van der Waals surface area contributed by atoms with Crippen LogP contribution >= 0.6 is 0 Å². The van der Waals surface area contributed by atoms with Gasteiger partial charge in [-0.15, -0.1) is 0 Å². The minimum atomic E-state index is -3.27. The van der Waals surface area contributed by atoms with Crippen LogP contribution in [-0.2, 0) is 10.2 Å². The van der Waals surface area contributed by atoms with Crippen molar-refractivity contribution in [2.75, 3.05) is 13.1 Å². The number of nitrogens with one attached hydrogen (secondary N) is 2. The predicted molar refractivity (Wildman–Crippen MR) is 55.9 cm³/mol. The molecular formula is C8H19N3O2S. The Hall–Kier alpha value is -0.170. The summed E-state index contributed by atoms with van der Waals surface area (Å²) in [5, 5.41) is 0. The molecule has 1 fully saturated rings. The van der Waals surface area contributed by atoms with Gasteiger partial charge in [-0.3, -0.25) is 0 Å². The van der Waals surface area contributed by atoms with E-state index in [2.05, 4.69) is 9.44 Å². The van der Waals surface area contributed by atoms with E-state index < -0.39 is 10.2 Å². The van der Waals surface area contributed by atoms with Crippen molar-refractivity contribution in [2.24, 2.45) is 11.7 Å². The first-order valence-electron chi connectivity index (χ1n) is 5.03. The molecule has 1 saturated carbocycles. The molecule has 0 aromatic rings. The molecule has 14 heavy (non-hydrogen) atoms. The van der Waals surface area contributed by atoms with Gasteiger partial charge >= 0.3 is 0 Å². The standard InChI is InChI=1S/C8H19N3O2S/c1-2-3-10-14(12,13)11-6-7-4-8(9)5-7/h7-8,10-11H,2-6,9H2,1H3. The fraction of sp³-hybridized carbons (Fsp3) is 1.00. The second kappa shape index (κ2) is 5.06. The maximum Gasteiger partial charge on any atom is 0.276 e. The summed E-state index contributed by atoms with van der Waals surface area (Å²) in [6.45, 7) is 2.92. The van der Waals surface area contributed by atoms with Crippen LogP contribution in [0.2, 0.25) is 0 Å². The first kappa shape index (κ1) is 11.9. The molecule has 0 spiro atoms. The first-order valence-corrected chi connectivity index (χ1v) is 6.51. The number of hydrogen-bond acceptors (Lipinski definition) is 3. The van der Waals surface area contributed by atoms with Crippen LogP contribution in [0.4, 0.5) is 0 Å². The highest BCUT2D eigenvalue weighted by molar-refractivity contribution is 7.87. The lowest BCUT2D eigenvalue weighted by molar-refractivity contribution is 0.267. The normalized spacial score (nSPS) is 27.3. The molecule has 1 aliphatic carbocycles. The zero-order valence-corrected chi connectivity index (χ0v) is 9.31. The Morgan fingerprint density at radius 1 is 1.36 bits per heavy atom. The van der Waals surface area contributed by atoms with Crippen LogP contribution in [0, 0.1) is 5.92 Å². The maximum absolute atomic E-state index is 11.3. The molecule has 0 amide bonds. The van der Waals surface area contributed by atoms with Crippen molar-refractivity contribution >= 4 is 10.2 Å². The lowest BCUT2D eigenvalue weighted by Gasteiger charge is -2.32. The molecule has 5 nitrogen and oxygen atoms in total. The van der Waals surface area contributed by atoms with Crippen LogP contribution in [0.25, 0.3) is 0 Å². The summed E-state index contributed by atoms with van der Waals surface area (Å²) < 4.78 is 27.5. The van der Waals surface area contributed by atoms with Crippen LogP contribution in [0.1, 0.15) is 26.2 Å². The molecule has 0 bridgehead atoms. The summed E-state index contributed by atoms with van der Waals surface area (Å²) in [5.41, 5.74) is 5.60. The van der Waals surface area contributed by atoms with Crippen LogP contribution in [0.5, 0.6) is 0 Å². The summed E-state index contributed by atoms with van der Waals surface area (Å²) in [5.74, 6) is 0.420. The van der Waals surface area contributed by atoms with Gasteiger partial charge in [-0.2, -0.15) is 8.42 Å². The highest BCUT2D eigenvalue weighted by Crippen LogP contribution is 2.24. The summed E-state index contributed by atoms with van der Waals surface area (Å²) in [4.78, 5) is 0. The highest BCUT2D eigenvalue weighted by atomic mass is 32.2. The third kappa shape index (κ3) is 3.91. The first-order chi connectivity index (χ1) is 6.53. The molecule has 84 valence electrons. The SMILES string of the molecule is CCCNS(=O)(=O)NCC1CC(N)C1. The lowest BCUT2D eigenvalue weighted by atomic mass is 9.81. The van der Waals surface area contributed by atoms with Gasteiger partial charge in [-0.1, -0.05) is 6.92 Å². The molecule has 0 radical (unpaired) electrons. The van der Waals surface area contributed by atoms with E-state index in [0.29, 0.717) is 19.0 Å². The monoisotopic (exact) mass is 221 g/mol. The van der Waals surface area contributed by atoms with Gasteiger partial charge in [0.2, 0.25) is 0 Å². The Balaban J connectivity index is 2.16. The van der Waals surface area contributed by atoms with Gasteiger partial charge in [0.05, 0.1) is 0 Å². The molecule has 0 aromatic carbocycles. The Bertz CT molecular complexity index is 260. The summed E-state index contributed by atoms with van der Waals surface area (Å²) in [6, 6.07) is 0.271. The summed E-state index contributed by atoms with van der Waals surface area (Å²) in [7, 11) is -3.27. The highest BCUT2D eigenvalue weighted by Gasteiger charge is 2.26. The molecule has 1 rings (SSSR count). The van der Waals surface area contributed by atoms with Gasteiger partial charge in [0, 0.05) is 19.1 Å². The van der Waals surface area contributed by atoms with E-state index in [1.165, 1.54) is 0 Å². The Kier molecular flexibility index (Phi) is 4.31. The van der Waals surface area contributed by atoms with E-state index in [1.807, 2.05) is 6.92 Å². The van der Waals surface area contributed by atoms with Crippen molar-refractivity contribution in [3.63, 3.8) is 0 Å².